The van der Waals surface area contributed by atoms with E-state index in [0.717, 1.165) is 16.9 Å². The topological polar surface area (TPSA) is 67.2 Å². The van der Waals surface area contributed by atoms with Crippen molar-refractivity contribution in [3.05, 3.63) is 77.0 Å². The molecule has 0 aliphatic rings. The largest absolute Gasteiger partial charge is 0.467 e. The van der Waals surface area contributed by atoms with Crippen molar-refractivity contribution in [1.29, 1.82) is 0 Å². The average molecular weight is 342 g/mol. The number of carbonyl (C=O) groups excluding carboxylic acids is 1. The summed E-state index contributed by atoms with van der Waals surface area (Å²) in [5.74, 6) is 0.445. The molecule has 0 bridgehead atoms. The lowest BCUT2D eigenvalue weighted by Crippen LogP contribution is -2.23. The smallest absolute Gasteiger partial charge is 0.270 e. The van der Waals surface area contributed by atoms with E-state index in [2.05, 4.69) is 15.6 Å². The average Bonchev–Trinajstić information content (AvgIpc) is 3.09. The summed E-state index contributed by atoms with van der Waals surface area (Å²) in [6, 6.07) is 12.7. The Morgan fingerprint density at radius 3 is 2.79 bits per heavy atom. The van der Waals surface area contributed by atoms with Crippen LogP contribution >= 0.6 is 11.6 Å². The Bertz CT molecular complexity index is 830. The Balaban J connectivity index is 1.63. The maximum atomic E-state index is 12.1. The van der Waals surface area contributed by atoms with E-state index < -0.39 is 0 Å². The number of furan rings is 1. The van der Waals surface area contributed by atoms with Gasteiger partial charge in [0.2, 0.25) is 0 Å². The van der Waals surface area contributed by atoms with Gasteiger partial charge in [-0.3, -0.25) is 4.79 Å². The molecule has 0 spiro atoms. The quantitative estimate of drug-likeness (QED) is 0.725. The van der Waals surface area contributed by atoms with Crippen molar-refractivity contribution in [1.82, 2.24) is 10.3 Å². The second-order valence-electron chi connectivity index (χ2n) is 5.28. The van der Waals surface area contributed by atoms with Crippen LogP contribution in [0.25, 0.3) is 0 Å². The highest BCUT2D eigenvalue weighted by molar-refractivity contribution is 6.30. The van der Waals surface area contributed by atoms with E-state index in [1.165, 1.54) is 0 Å². The number of aromatic nitrogens is 1. The van der Waals surface area contributed by atoms with Gasteiger partial charge in [0.05, 0.1) is 24.7 Å². The third kappa shape index (κ3) is 3.94. The molecule has 0 fully saturated rings. The maximum Gasteiger partial charge on any atom is 0.270 e. The summed E-state index contributed by atoms with van der Waals surface area (Å²) >= 11 is 5.95. The molecule has 1 amide bonds. The minimum absolute atomic E-state index is 0.249. The van der Waals surface area contributed by atoms with Crippen LogP contribution in [-0.2, 0) is 6.54 Å². The molecule has 0 atom stereocenters. The molecule has 24 heavy (non-hydrogen) atoms. The molecule has 3 aromatic rings. The highest BCUT2D eigenvalue weighted by Crippen LogP contribution is 2.23. The van der Waals surface area contributed by atoms with Gasteiger partial charge in [0.25, 0.3) is 5.91 Å². The first-order valence-electron chi connectivity index (χ1n) is 7.41. The molecule has 3 rings (SSSR count). The summed E-state index contributed by atoms with van der Waals surface area (Å²) in [7, 11) is 0. The third-order valence-corrected chi connectivity index (χ3v) is 3.70. The van der Waals surface area contributed by atoms with Crippen molar-refractivity contribution in [2.75, 3.05) is 5.32 Å². The Kier molecular flexibility index (Phi) is 4.82. The number of anilines is 2. The lowest BCUT2D eigenvalue weighted by molar-refractivity contribution is 0.0943. The predicted octanol–water partition coefficient (Wildman–Crippen LogP) is 4.31. The van der Waals surface area contributed by atoms with Crippen LogP contribution in [0.2, 0.25) is 5.02 Å². The first kappa shape index (κ1) is 16.1. The number of pyridine rings is 1. The molecule has 0 saturated heterocycles. The lowest BCUT2D eigenvalue weighted by Gasteiger charge is -2.10. The monoisotopic (exact) mass is 341 g/mol. The summed E-state index contributed by atoms with van der Waals surface area (Å²) in [4.78, 5) is 16.2. The van der Waals surface area contributed by atoms with E-state index in [-0.39, 0.29) is 5.91 Å². The second-order valence-corrected chi connectivity index (χ2v) is 5.71. The fourth-order valence-corrected chi connectivity index (χ4v) is 2.42. The Morgan fingerprint density at radius 1 is 1.25 bits per heavy atom. The van der Waals surface area contributed by atoms with Gasteiger partial charge in [0.15, 0.2) is 0 Å². The van der Waals surface area contributed by atoms with Crippen LogP contribution in [0.15, 0.2) is 59.3 Å². The zero-order valence-corrected chi connectivity index (χ0v) is 13.8. The van der Waals surface area contributed by atoms with Gasteiger partial charge in [0.1, 0.15) is 11.5 Å². The summed E-state index contributed by atoms with van der Waals surface area (Å²) in [6.45, 7) is 2.30. The molecule has 0 unspecified atom stereocenters. The van der Waals surface area contributed by atoms with Crippen LogP contribution in [0.1, 0.15) is 21.8 Å². The number of aryl methyl sites for hydroxylation is 1. The molecule has 2 N–H and O–H groups in total. The Morgan fingerprint density at radius 2 is 2.12 bits per heavy atom. The second kappa shape index (κ2) is 7.19. The van der Waals surface area contributed by atoms with E-state index in [0.29, 0.717) is 23.0 Å². The van der Waals surface area contributed by atoms with Crippen LogP contribution < -0.4 is 10.6 Å². The minimum atomic E-state index is -0.249. The molecular weight excluding hydrogens is 326 g/mol. The minimum Gasteiger partial charge on any atom is -0.467 e. The van der Waals surface area contributed by atoms with E-state index in [9.17, 15) is 4.79 Å². The van der Waals surface area contributed by atoms with Gasteiger partial charge in [-0.2, -0.15) is 0 Å². The predicted molar refractivity (Wildman–Crippen MR) is 93.6 cm³/mol. The van der Waals surface area contributed by atoms with Crippen LogP contribution in [0.3, 0.4) is 0 Å². The normalized spacial score (nSPS) is 10.4. The van der Waals surface area contributed by atoms with Gasteiger partial charge < -0.3 is 15.1 Å². The van der Waals surface area contributed by atoms with Crippen LogP contribution in [0.5, 0.6) is 0 Å². The van der Waals surface area contributed by atoms with Crippen molar-refractivity contribution in [2.24, 2.45) is 0 Å². The fourth-order valence-electron chi connectivity index (χ4n) is 2.20. The maximum absolute atomic E-state index is 12.1. The van der Waals surface area contributed by atoms with Crippen molar-refractivity contribution in [2.45, 2.75) is 13.5 Å². The molecule has 0 saturated carbocycles. The lowest BCUT2D eigenvalue weighted by atomic mass is 10.2. The Hall–Kier alpha value is -2.79. The number of amides is 1. The van der Waals surface area contributed by atoms with E-state index in [4.69, 9.17) is 16.0 Å². The van der Waals surface area contributed by atoms with E-state index in [1.807, 2.05) is 31.2 Å². The third-order valence-electron chi connectivity index (χ3n) is 3.47. The van der Waals surface area contributed by atoms with Gasteiger partial charge in [-0.15, -0.1) is 0 Å². The first-order chi connectivity index (χ1) is 11.6. The van der Waals surface area contributed by atoms with Crippen molar-refractivity contribution in [3.63, 3.8) is 0 Å². The number of benzene rings is 1. The summed E-state index contributed by atoms with van der Waals surface area (Å²) in [5.41, 5.74) is 3.11. The van der Waals surface area contributed by atoms with Crippen molar-refractivity contribution < 1.29 is 9.21 Å². The molecule has 5 nitrogen and oxygen atoms in total. The fraction of sp³-hybridized carbons (Fsp3) is 0.111. The molecule has 0 aliphatic carbocycles. The zero-order chi connectivity index (χ0) is 16.9. The molecule has 2 heterocycles. The summed E-state index contributed by atoms with van der Waals surface area (Å²) in [6.07, 6.45) is 3.19. The zero-order valence-electron chi connectivity index (χ0n) is 13.0. The molecule has 2 aromatic heterocycles. The van der Waals surface area contributed by atoms with E-state index in [1.54, 1.807) is 30.7 Å². The molecular formula is C18H16ClN3O2. The van der Waals surface area contributed by atoms with Crippen molar-refractivity contribution in [3.8, 4) is 0 Å². The Labute approximate surface area is 144 Å². The number of hydrogen-bond donors (Lipinski definition) is 2. The van der Waals surface area contributed by atoms with Gasteiger partial charge in [0, 0.05) is 10.7 Å². The van der Waals surface area contributed by atoms with Crippen LogP contribution in [0, 0.1) is 6.92 Å². The number of carbonyl (C=O) groups is 1. The number of nitrogens with one attached hydrogen (secondary N) is 2. The molecule has 0 radical (unpaired) electrons. The SMILES string of the molecule is Cc1cc(Cl)ccc1Nc1ccc(C(=O)NCc2ccco2)nc1. The van der Waals surface area contributed by atoms with Gasteiger partial charge in [-0.25, -0.2) is 4.98 Å². The highest BCUT2D eigenvalue weighted by atomic mass is 35.5. The van der Waals surface area contributed by atoms with Gasteiger partial charge >= 0.3 is 0 Å². The van der Waals surface area contributed by atoms with E-state index >= 15 is 0 Å². The number of nitrogens with zero attached hydrogens (tertiary/aromatic N) is 1. The molecule has 6 heteroatoms. The van der Waals surface area contributed by atoms with Crippen molar-refractivity contribution >= 4 is 28.9 Å². The molecule has 1 aromatic carbocycles. The summed E-state index contributed by atoms with van der Waals surface area (Å²) < 4.78 is 5.17. The summed E-state index contributed by atoms with van der Waals surface area (Å²) in [5, 5.41) is 6.70. The standard InChI is InChI=1S/C18H16ClN3O2/c1-12-9-13(19)4-6-16(12)22-14-5-7-17(20-10-14)18(23)21-11-15-3-2-8-24-15/h2-10,22H,11H2,1H3,(H,21,23). The first-order valence-corrected chi connectivity index (χ1v) is 7.79. The van der Waals surface area contributed by atoms with Gasteiger partial charge in [-0.05, 0) is 55.0 Å². The molecule has 122 valence electrons. The molecule has 0 aliphatic heterocycles. The van der Waals surface area contributed by atoms with Crippen LogP contribution in [0.4, 0.5) is 11.4 Å². The van der Waals surface area contributed by atoms with Gasteiger partial charge in [-0.1, -0.05) is 11.6 Å². The highest BCUT2D eigenvalue weighted by Gasteiger charge is 2.08. The number of halogens is 1. The number of hydrogen-bond acceptors (Lipinski definition) is 4. The van der Waals surface area contributed by atoms with Crippen LogP contribution in [-0.4, -0.2) is 10.9 Å². The number of rotatable bonds is 5.